The summed E-state index contributed by atoms with van der Waals surface area (Å²) in [6.45, 7) is 4.48. The molecular formula is C12H20N2OS. The Labute approximate surface area is 101 Å². The van der Waals surface area contributed by atoms with Gasteiger partial charge in [-0.1, -0.05) is 0 Å². The number of aryl methyl sites for hydroxylation is 2. The molecule has 1 aromatic rings. The first-order valence-electron chi connectivity index (χ1n) is 6.04. The zero-order valence-electron chi connectivity index (χ0n) is 9.99. The van der Waals surface area contributed by atoms with Gasteiger partial charge in [0.15, 0.2) is 0 Å². The Balaban J connectivity index is 2.06. The van der Waals surface area contributed by atoms with E-state index in [4.69, 9.17) is 5.11 Å². The maximum absolute atomic E-state index is 8.92. The number of hydrogen-bond acceptors (Lipinski definition) is 4. The van der Waals surface area contributed by atoms with Gasteiger partial charge in [-0.15, -0.1) is 11.3 Å². The van der Waals surface area contributed by atoms with E-state index in [0.29, 0.717) is 12.1 Å². The lowest BCUT2D eigenvalue weighted by atomic mass is 9.97. The van der Waals surface area contributed by atoms with Crippen LogP contribution in [0.5, 0.6) is 0 Å². The van der Waals surface area contributed by atoms with Crippen molar-refractivity contribution in [1.29, 1.82) is 0 Å². The zero-order valence-corrected chi connectivity index (χ0v) is 10.8. The number of nitrogens with one attached hydrogen (secondary N) is 1. The SMILES string of the molecule is Cc1nc2c(s1)C(N[C@H](C)CCO)CCC2. The van der Waals surface area contributed by atoms with Gasteiger partial charge in [-0.2, -0.15) is 0 Å². The summed E-state index contributed by atoms with van der Waals surface area (Å²) in [5.74, 6) is 0. The summed E-state index contributed by atoms with van der Waals surface area (Å²) in [5.41, 5.74) is 1.29. The van der Waals surface area contributed by atoms with Crippen LogP contribution < -0.4 is 5.32 Å². The Morgan fingerprint density at radius 1 is 1.62 bits per heavy atom. The van der Waals surface area contributed by atoms with E-state index in [9.17, 15) is 0 Å². The molecule has 4 heteroatoms. The molecule has 0 amide bonds. The van der Waals surface area contributed by atoms with Crippen LogP contribution in [0.15, 0.2) is 0 Å². The highest BCUT2D eigenvalue weighted by atomic mass is 32.1. The Hall–Kier alpha value is -0.450. The molecule has 1 heterocycles. The standard InChI is InChI=1S/C12H20N2OS/c1-8(6-7-15)13-10-4-3-5-11-12(10)16-9(2)14-11/h8,10,13,15H,3-7H2,1-2H3/t8-,10?/m1/s1. The summed E-state index contributed by atoms with van der Waals surface area (Å²) in [7, 11) is 0. The summed E-state index contributed by atoms with van der Waals surface area (Å²) in [6, 6.07) is 0.833. The van der Waals surface area contributed by atoms with Gasteiger partial charge >= 0.3 is 0 Å². The number of hydrogen-bond donors (Lipinski definition) is 2. The van der Waals surface area contributed by atoms with Crippen LogP contribution in [0.4, 0.5) is 0 Å². The third-order valence-electron chi connectivity index (χ3n) is 3.11. The highest BCUT2D eigenvalue weighted by Crippen LogP contribution is 2.34. The number of nitrogens with zero attached hydrogens (tertiary/aromatic N) is 1. The molecule has 0 aromatic carbocycles. The summed E-state index contributed by atoms with van der Waals surface area (Å²) in [6.07, 6.45) is 4.37. The monoisotopic (exact) mass is 240 g/mol. The molecule has 1 unspecified atom stereocenters. The van der Waals surface area contributed by atoms with E-state index in [-0.39, 0.29) is 6.61 Å². The number of rotatable bonds is 4. The molecule has 1 aliphatic rings. The van der Waals surface area contributed by atoms with E-state index in [1.807, 2.05) is 11.3 Å². The highest BCUT2D eigenvalue weighted by molar-refractivity contribution is 7.11. The third kappa shape index (κ3) is 2.62. The number of thiazole rings is 1. The predicted molar refractivity (Wildman–Crippen MR) is 66.8 cm³/mol. The first kappa shape index (κ1) is 12.0. The molecule has 1 aromatic heterocycles. The third-order valence-corrected chi connectivity index (χ3v) is 4.23. The molecule has 0 saturated carbocycles. The van der Waals surface area contributed by atoms with Gasteiger partial charge in [0.05, 0.1) is 10.7 Å². The summed E-state index contributed by atoms with van der Waals surface area (Å²) in [4.78, 5) is 6.01. The van der Waals surface area contributed by atoms with Gasteiger partial charge in [0, 0.05) is 23.6 Å². The number of aliphatic hydroxyl groups excluding tert-OH is 1. The van der Waals surface area contributed by atoms with Crippen molar-refractivity contribution in [3.63, 3.8) is 0 Å². The lowest BCUT2D eigenvalue weighted by molar-refractivity contribution is 0.260. The Morgan fingerprint density at radius 2 is 2.44 bits per heavy atom. The predicted octanol–water partition coefficient (Wildman–Crippen LogP) is 2.19. The fourth-order valence-corrected chi connectivity index (χ4v) is 3.39. The van der Waals surface area contributed by atoms with Crippen LogP contribution in [0.3, 0.4) is 0 Å². The Kier molecular flexibility index (Phi) is 3.95. The first-order valence-corrected chi connectivity index (χ1v) is 6.85. The van der Waals surface area contributed by atoms with Gasteiger partial charge in [-0.25, -0.2) is 4.98 Å². The lowest BCUT2D eigenvalue weighted by Crippen LogP contribution is -2.32. The van der Waals surface area contributed by atoms with Crippen molar-refractivity contribution >= 4 is 11.3 Å². The normalized spacial score (nSPS) is 21.8. The maximum Gasteiger partial charge on any atom is 0.0900 e. The number of fused-ring (bicyclic) bond motifs is 1. The van der Waals surface area contributed by atoms with Gasteiger partial charge in [0.25, 0.3) is 0 Å². The van der Waals surface area contributed by atoms with Gasteiger partial charge in [-0.05, 0) is 39.5 Å². The van der Waals surface area contributed by atoms with Crippen LogP contribution in [-0.2, 0) is 6.42 Å². The van der Waals surface area contributed by atoms with E-state index < -0.39 is 0 Å². The molecule has 3 nitrogen and oxygen atoms in total. The largest absolute Gasteiger partial charge is 0.396 e. The fraction of sp³-hybridized carbons (Fsp3) is 0.750. The molecule has 0 aliphatic heterocycles. The number of aromatic nitrogens is 1. The smallest absolute Gasteiger partial charge is 0.0900 e. The number of aliphatic hydroxyl groups is 1. The van der Waals surface area contributed by atoms with Gasteiger partial charge in [0.1, 0.15) is 0 Å². The second kappa shape index (κ2) is 5.25. The van der Waals surface area contributed by atoms with Crippen molar-refractivity contribution < 1.29 is 5.11 Å². The second-order valence-electron chi connectivity index (χ2n) is 4.57. The minimum absolute atomic E-state index is 0.259. The fourth-order valence-electron chi connectivity index (χ4n) is 2.32. The quantitative estimate of drug-likeness (QED) is 0.848. The Bertz CT molecular complexity index is 351. The summed E-state index contributed by atoms with van der Waals surface area (Å²) in [5, 5.41) is 13.7. The summed E-state index contributed by atoms with van der Waals surface area (Å²) < 4.78 is 0. The van der Waals surface area contributed by atoms with Gasteiger partial charge in [-0.3, -0.25) is 0 Å². The minimum Gasteiger partial charge on any atom is -0.396 e. The van der Waals surface area contributed by atoms with Crippen LogP contribution >= 0.6 is 11.3 Å². The minimum atomic E-state index is 0.259. The zero-order chi connectivity index (χ0) is 11.5. The topological polar surface area (TPSA) is 45.2 Å². The van der Waals surface area contributed by atoms with E-state index in [1.165, 1.54) is 28.4 Å². The van der Waals surface area contributed by atoms with E-state index in [1.54, 1.807) is 0 Å². The van der Waals surface area contributed by atoms with Crippen molar-refractivity contribution in [3.8, 4) is 0 Å². The van der Waals surface area contributed by atoms with Crippen LogP contribution in [0.1, 0.15) is 47.8 Å². The van der Waals surface area contributed by atoms with Crippen molar-refractivity contribution in [2.45, 2.75) is 51.6 Å². The average molecular weight is 240 g/mol. The van der Waals surface area contributed by atoms with Crippen molar-refractivity contribution in [3.05, 3.63) is 15.6 Å². The molecule has 90 valence electrons. The van der Waals surface area contributed by atoms with Crippen LogP contribution in [0.2, 0.25) is 0 Å². The lowest BCUT2D eigenvalue weighted by Gasteiger charge is -2.25. The molecule has 1 aliphatic carbocycles. The Morgan fingerprint density at radius 3 is 3.19 bits per heavy atom. The van der Waals surface area contributed by atoms with Crippen molar-refractivity contribution in [2.24, 2.45) is 0 Å². The molecule has 0 fully saturated rings. The highest BCUT2D eigenvalue weighted by Gasteiger charge is 2.24. The van der Waals surface area contributed by atoms with Gasteiger partial charge < -0.3 is 10.4 Å². The molecule has 2 N–H and O–H groups in total. The maximum atomic E-state index is 8.92. The molecule has 0 radical (unpaired) electrons. The molecular weight excluding hydrogens is 220 g/mol. The van der Waals surface area contributed by atoms with Crippen LogP contribution in [0, 0.1) is 6.92 Å². The summed E-state index contributed by atoms with van der Waals surface area (Å²) >= 11 is 1.82. The van der Waals surface area contributed by atoms with Gasteiger partial charge in [0.2, 0.25) is 0 Å². The molecule has 2 atom stereocenters. The molecule has 2 rings (SSSR count). The molecule has 16 heavy (non-hydrogen) atoms. The average Bonchev–Trinajstić information content (AvgIpc) is 2.60. The van der Waals surface area contributed by atoms with Crippen molar-refractivity contribution in [1.82, 2.24) is 10.3 Å². The van der Waals surface area contributed by atoms with E-state index in [2.05, 4.69) is 24.1 Å². The van der Waals surface area contributed by atoms with E-state index in [0.717, 1.165) is 12.8 Å². The molecule has 0 saturated heterocycles. The molecule has 0 bridgehead atoms. The second-order valence-corrected chi connectivity index (χ2v) is 5.80. The van der Waals surface area contributed by atoms with Crippen LogP contribution in [0.25, 0.3) is 0 Å². The molecule has 0 spiro atoms. The van der Waals surface area contributed by atoms with E-state index >= 15 is 0 Å². The van der Waals surface area contributed by atoms with Crippen molar-refractivity contribution in [2.75, 3.05) is 6.61 Å². The first-order chi connectivity index (χ1) is 7.70. The van der Waals surface area contributed by atoms with Crippen LogP contribution in [-0.4, -0.2) is 22.7 Å².